The summed E-state index contributed by atoms with van der Waals surface area (Å²) >= 11 is 0. The molecule has 2 heterocycles. The molecule has 0 fully saturated rings. The molecule has 3 rings (SSSR count). The van der Waals surface area contributed by atoms with Crippen molar-refractivity contribution in [2.45, 2.75) is 25.8 Å². The lowest BCUT2D eigenvalue weighted by molar-refractivity contribution is 0.714. The molecular weight excluding hydrogens is 248 g/mol. The van der Waals surface area contributed by atoms with Crippen molar-refractivity contribution < 1.29 is 0 Å². The minimum atomic E-state index is 0.759. The Bertz CT molecular complexity index is 582. The number of nitrogens with one attached hydrogen (secondary N) is 1. The Balaban J connectivity index is 1.90. The molecule has 0 unspecified atom stereocenters. The molecule has 0 saturated heterocycles. The highest BCUT2D eigenvalue weighted by molar-refractivity contribution is 5.56. The first-order valence-corrected chi connectivity index (χ1v) is 7.12. The number of para-hydroxylation sites is 1. The Kier molecular flexibility index (Phi) is 3.83. The SMILES string of the molecule is NNc1ncccc1CN1CCCCc2ccccc21. The molecule has 4 nitrogen and oxygen atoms in total. The second-order valence-corrected chi connectivity index (χ2v) is 5.16. The number of nitrogens with two attached hydrogens (primary N) is 1. The fourth-order valence-electron chi connectivity index (χ4n) is 2.84. The number of aryl methyl sites for hydroxylation is 1. The number of pyridine rings is 1. The van der Waals surface area contributed by atoms with E-state index >= 15 is 0 Å². The number of fused-ring (bicyclic) bond motifs is 1. The molecule has 1 aromatic carbocycles. The molecule has 1 aliphatic heterocycles. The summed E-state index contributed by atoms with van der Waals surface area (Å²) in [7, 11) is 0. The van der Waals surface area contributed by atoms with Gasteiger partial charge in [0, 0.05) is 30.5 Å². The molecule has 0 radical (unpaired) electrons. The third-order valence-electron chi connectivity index (χ3n) is 3.85. The van der Waals surface area contributed by atoms with Crippen LogP contribution in [0.2, 0.25) is 0 Å². The number of nitrogen functional groups attached to an aromatic ring is 1. The van der Waals surface area contributed by atoms with Crippen LogP contribution in [0.5, 0.6) is 0 Å². The van der Waals surface area contributed by atoms with E-state index in [1.165, 1.54) is 30.5 Å². The number of hydrogen-bond acceptors (Lipinski definition) is 4. The average molecular weight is 268 g/mol. The van der Waals surface area contributed by atoms with Crippen molar-refractivity contribution in [2.75, 3.05) is 16.9 Å². The molecule has 0 bridgehead atoms. The maximum Gasteiger partial charge on any atom is 0.144 e. The van der Waals surface area contributed by atoms with Crippen LogP contribution in [0.3, 0.4) is 0 Å². The van der Waals surface area contributed by atoms with E-state index in [-0.39, 0.29) is 0 Å². The molecule has 0 aliphatic carbocycles. The van der Waals surface area contributed by atoms with Crippen molar-refractivity contribution in [3.05, 3.63) is 53.7 Å². The highest BCUT2D eigenvalue weighted by Crippen LogP contribution is 2.28. The van der Waals surface area contributed by atoms with Crippen LogP contribution >= 0.6 is 0 Å². The van der Waals surface area contributed by atoms with Gasteiger partial charge in [0.05, 0.1) is 0 Å². The van der Waals surface area contributed by atoms with E-state index in [1.54, 1.807) is 6.20 Å². The molecule has 3 N–H and O–H groups in total. The number of hydrogen-bond donors (Lipinski definition) is 2. The van der Waals surface area contributed by atoms with Crippen molar-refractivity contribution in [3.8, 4) is 0 Å². The van der Waals surface area contributed by atoms with E-state index in [4.69, 9.17) is 5.84 Å². The van der Waals surface area contributed by atoms with Crippen molar-refractivity contribution >= 4 is 11.5 Å². The molecule has 104 valence electrons. The lowest BCUT2D eigenvalue weighted by atomic mass is 10.1. The smallest absolute Gasteiger partial charge is 0.144 e. The number of benzene rings is 1. The maximum absolute atomic E-state index is 5.55. The van der Waals surface area contributed by atoms with Crippen LogP contribution < -0.4 is 16.2 Å². The van der Waals surface area contributed by atoms with Crippen LogP contribution in [0.25, 0.3) is 0 Å². The summed E-state index contributed by atoms with van der Waals surface area (Å²) in [4.78, 5) is 6.71. The first-order valence-electron chi connectivity index (χ1n) is 7.12. The van der Waals surface area contributed by atoms with Crippen LogP contribution in [-0.2, 0) is 13.0 Å². The van der Waals surface area contributed by atoms with Gasteiger partial charge >= 0.3 is 0 Å². The van der Waals surface area contributed by atoms with Gasteiger partial charge in [-0.1, -0.05) is 24.3 Å². The number of anilines is 2. The Morgan fingerprint density at radius 2 is 2.05 bits per heavy atom. The molecule has 1 aromatic heterocycles. The number of nitrogens with zero attached hydrogens (tertiary/aromatic N) is 2. The van der Waals surface area contributed by atoms with E-state index in [0.29, 0.717) is 0 Å². The van der Waals surface area contributed by atoms with Gasteiger partial charge in [0.25, 0.3) is 0 Å². The molecular formula is C16H20N4. The highest BCUT2D eigenvalue weighted by atomic mass is 15.3. The summed E-state index contributed by atoms with van der Waals surface area (Å²) in [6.07, 6.45) is 5.40. The van der Waals surface area contributed by atoms with Crippen molar-refractivity contribution in [3.63, 3.8) is 0 Å². The summed E-state index contributed by atoms with van der Waals surface area (Å²) in [5.41, 5.74) is 6.60. The minimum Gasteiger partial charge on any atom is -0.367 e. The largest absolute Gasteiger partial charge is 0.367 e. The van der Waals surface area contributed by atoms with Crippen LogP contribution in [0.4, 0.5) is 11.5 Å². The Morgan fingerprint density at radius 3 is 2.95 bits per heavy atom. The predicted molar refractivity (Wildman–Crippen MR) is 82.5 cm³/mol. The molecule has 0 spiro atoms. The third kappa shape index (κ3) is 2.60. The summed E-state index contributed by atoms with van der Waals surface area (Å²) in [5.74, 6) is 6.31. The zero-order chi connectivity index (χ0) is 13.8. The number of rotatable bonds is 3. The summed E-state index contributed by atoms with van der Waals surface area (Å²) in [6.45, 7) is 1.92. The molecule has 4 heteroatoms. The summed E-state index contributed by atoms with van der Waals surface area (Å²) < 4.78 is 0. The Morgan fingerprint density at radius 1 is 1.15 bits per heavy atom. The predicted octanol–water partition coefficient (Wildman–Crippen LogP) is 2.71. The molecule has 0 atom stereocenters. The lowest BCUT2D eigenvalue weighted by Gasteiger charge is -2.25. The lowest BCUT2D eigenvalue weighted by Crippen LogP contribution is -2.25. The molecule has 2 aromatic rings. The molecule has 0 amide bonds. The minimum absolute atomic E-state index is 0.759. The van der Waals surface area contributed by atoms with E-state index in [1.807, 2.05) is 6.07 Å². The zero-order valence-corrected chi connectivity index (χ0v) is 11.5. The van der Waals surface area contributed by atoms with Gasteiger partial charge in [0.15, 0.2) is 0 Å². The summed E-state index contributed by atoms with van der Waals surface area (Å²) in [6, 6.07) is 12.7. The normalized spacial score (nSPS) is 14.6. The van der Waals surface area contributed by atoms with Gasteiger partial charge in [-0.3, -0.25) is 0 Å². The molecule has 1 aliphatic rings. The first kappa shape index (κ1) is 12.9. The van der Waals surface area contributed by atoms with Crippen molar-refractivity contribution in [1.82, 2.24) is 4.98 Å². The fraction of sp³-hybridized carbons (Fsp3) is 0.312. The van der Waals surface area contributed by atoms with Gasteiger partial charge in [-0.2, -0.15) is 0 Å². The highest BCUT2D eigenvalue weighted by Gasteiger charge is 2.16. The standard InChI is InChI=1S/C16H20N4/c17-19-16-14(8-5-10-18-16)12-20-11-4-3-7-13-6-1-2-9-15(13)20/h1-2,5-6,8-10H,3-4,7,11-12,17H2,(H,18,19). The van der Waals surface area contributed by atoms with E-state index in [0.717, 1.165) is 24.5 Å². The van der Waals surface area contributed by atoms with Gasteiger partial charge < -0.3 is 10.3 Å². The van der Waals surface area contributed by atoms with E-state index in [2.05, 4.69) is 45.6 Å². The van der Waals surface area contributed by atoms with Gasteiger partial charge in [0.2, 0.25) is 0 Å². The van der Waals surface area contributed by atoms with Gasteiger partial charge in [-0.15, -0.1) is 0 Å². The average Bonchev–Trinajstić information content (AvgIpc) is 2.71. The molecule has 0 saturated carbocycles. The number of hydrazine groups is 1. The van der Waals surface area contributed by atoms with Crippen LogP contribution in [0.1, 0.15) is 24.0 Å². The number of aromatic nitrogens is 1. The maximum atomic E-state index is 5.55. The molecule has 20 heavy (non-hydrogen) atoms. The van der Waals surface area contributed by atoms with E-state index < -0.39 is 0 Å². The van der Waals surface area contributed by atoms with Crippen molar-refractivity contribution in [1.29, 1.82) is 0 Å². The first-order chi connectivity index (χ1) is 9.88. The van der Waals surface area contributed by atoms with Crippen LogP contribution in [0, 0.1) is 0 Å². The second-order valence-electron chi connectivity index (χ2n) is 5.16. The van der Waals surface area contributed by atoms with Crippen molar-refractivity contribution in [2.24, 2.45) is 5.84 Å². The van der Waals surface area contributed by atoms with Crippen LogP contribution in [0.15, 0.2) is 42.6 Å². The van der Waals surface area contributed by atoms with Gasteiger partial charge in [0.1, 0.15) is 5.82 Å². The zero-order valence-electron chi connectivity index (χ0n) is 11.5. The van der Waals surface area contributed by atoms with Crippen LogP contribution in [-0.4, -0.2) is 11.5 Å². The third-order valence-corrected chi connectivity index (χ3v) is 3.85. The quantitative estimate of drug-likeness (QED) is 0.664. The fourth-order valence-corrected chi connectivity index (χ4v) is 2.84. The Hall–Kier alpha value is -2.07. The Labute approximate surface area is 119 Å². The second kappa shape index (κ2) is 5.92. The van der Waals surface area contributed by atoms with Gasteiger partial charge in [-0.05, 0) is 37.0 Å². The topological polar surface area (TPSA) is 54.2 Å². The van der Waals surface area contributed by atoms with E-state index in [9.17, 15) is 0 Å². The van der Waals surface area contributed by atoms with Gasteiger partial charge in [-0.25, -0.2) is 10.8 Å². The monoisotopic (exact) mass is 268 g/mol. The summed E-state index contributed by atoms with van der Waals surface area (Å²) in [5, 5.41) is 0.